The van der Waals surface area contributed by atoms with Crippen molar-refractivity contribution in [2.45, 2.75) is 39.2 Å². The molecule has 0 aliphatic heterocycles. The molecule has 19 heavy (non-hydrogen) atoms. The molecule has 0 aromatic heterocycles. The van der Waals surface area contributed by atoms with E-state index in [0.717, 1.165) is 12.2 Å². The third-order valence-electron chi connectivity index (χ3n) is 4.17. The number of nitrogens with one attached hydrogen (secondary N) is 1. The van der Waals surface area contributed by atoms with Crippen molar-refractivity contribution in [3.05, 3.63) is 30.3 Å². The lowest BCUT2D eigenvalue weighted by molar-refractivity contribution is -0.124. The number of para-hydroxylation sites is 1. The van der Waals surface area contributed by atoms with Crippen LogP contribution in [0.3, 0.4) is 0 Å². The highest BCUT2D eigenvalue weighted by Gasteiger charge is 2.28. The molecule has 1 aliphatic carbocycles. The second kappa shape index (κ2) is 6.60. The molecule has 0 saturated heterocycles. The predicted molar refractivity (Wildman–Crippen MR) is 76.0 cm³/mol. The van der Waals surface area contributed by atoms with Crippen LogP contribution in [0, 0.1) is 11.8 Å². The summed E-state index contributed by atoms with van der Waals surface area (Å²) in [5, 5.41) is 3.11. The van der Waals surface area contributed by atoms with Crippen molar-refractivity contribution >= 4 is 5.91 Å². The molecule has 2 rings (SSSR count). The number of hydrogen-bond acceptors (Lipinski definition) is 2. The topological polar surface area (TPSA) is 38.3 Å². The van der Waals surface area contributed by atoms with Gasteiger partial charge in [0.2, 0.25) is 0 Å². The van der Waals surface area contributed by atoms with Gasteiger partial charge in [-0.1, -0.05) is 44.9 Å². The average molecular weight is 261 g/mol. The zero-order valence-corrected chi connectivity index (χ0v) is 11.8. The van der Waals surface area contributed by atoms with E-state index in [2.05, 4.69) is 19.2 Å². The van der Waals surface area contributed by atoms with Gasteiger partial charge in [0.15, 0.2) is 6.61 Å². The summed E-state index contributed by atoms with van der Waals surface area (Å²) in [7, 11) is 0. The minimum absolute atomic E-state index is 0.0187. The molecule has 1 aliphatic rings. The summed E-state index contributed by atoms with van der Waals surface area (Å²) in [6.45, 7) is 4.60. The van der Waals surface area contributed by atoms with Crippen LogP contribution in [0.25, 0.3) is 0 Å². The van der Waals surface area contributed by atoms with Gasteiger partial charge in [-0.05, 0) is 30.4 Å². The molecule has 0 radical (unpaired) electrons. The standard InChI is InChI=1S/C16H23NO2/c1-12-7-6-10-15(13(12)2)17-16(18)11-19-14-8-4-3-5-9-14/h3-5,8-9,12-13,15H,6-7,10-11H2,1-2H3,(H,17,18)/t12-,13-,15+/m1/s1. The van der Waals surface area contributed by atoms with E-state index in [1.165, 1.54) is 12.8 Å². The van der Waals surface area contributed by atoms with E-state index in [1.54, 1.807) is 0 Å². The Morgan fingerprint density at radius 2 is 2.00 bits per heavy atom. The highest BCUT2D eigenvalue weighted by atomic mass is 16.5. The van der Waals surface area contributed by atoms with Crippen molar-refractivity contribution in [3.8, 4) is 5.75 Å². The summed E-state index contributed by atoms with van der Waals surface area (Å²) in [6.07, 6.45) is 3.56. The molecular weight excluding hydrogens is 238 g/mol. The SMILES string of the molecule is C[C@@H]1[C@H](C)CCC[C@@H]1NC(=O)COc1ccccc1. The molecule has 1 aromatic carbocycles. The summed E-state index contributed by atoms with van der Waals surface area (Å²) >= 11 is 0. The van der Waals surface area contributed by atoms with E-state index in [0.29, 0.717) is 17.9 Å². The number of benzene rings is 1. The van der Waals surface area contributed by atoms with Crippen LogP contribution < -0.4 is 10.1 Å². The van der Waals surface area contributed by atoms with Gasteiger partial charge >= 0.3 is 0 Å². The molecule has 1 saturated carbocycles. The predicted octanol–water partition coefficient (Wildman–Crippen LogP) is 3.01. The highest BCUT2D eigenvalue weighted by molar-refractivity contribution is 5.77. The third kappa shape index (κ3) is 3.98. The van der Waals surface area contributed by atoms with Crippen LogP contribution in [0.4, 0.5) is 0 Å². The van der Waals surface area contributed by atoms with Gasteiger partial charge in [0.25, 0.3) is 5.91 Å². The first-order valence-electron chi connectivity index (χ1n) is 7.14. The first-order valence-corrected chi connectivity index (χ1v) is 7.14. The van der Waals surface area contributed by atoms with Gasteiger partial charge in [-0.25, -0.2) is 0 Å². The molecule has 0 spiro atoms. The Morgan fingerprint density at radius 1 is 1.26 bits per heavy atom. The van der Waals surface area contributed by atoms with Crippen molar-refractivity contribution in [2.24, 2.45) is 11.8 Å². The number of ether oxygens (including phenoxy) is 1. The van der Waals surface area contributed by atoms with Crippen molar-refractivity contribution < 1.29 is 9.53 Å². The van der Waals surface area contributed by atoms with Gasteiger partial charge in [0.05, 0.1) is 0 Å². The monoisotopic (exact) mass is 261 g/mol. The molecule has 1 fully saturated rings. The van der Waals surface area contributed by atoms with Crippen LogP contribution >= 0.6 is 0 Å². The Hall–Kier alpha value is -1.51. The van der Waals surface area contributed by atoms with E-state index < -0.39 is 0 Å². The van der Waals surface area contributed by atoms with E-state index in [1.807, 2.05) is 30.3 Å². The fourth-order valence-corrected chi connectivity index (χ4v) is 2.70. The molecule has 0 bridgehead atoms. The normalized spacial score (nSPS) is 26.7. The summed E-state index contributed by atoms with van der Waals surface area (Å²) in [4.78, 5) is 11.9. The summed E-state index contributed by atoms with van der Waals surface area (Å²) in [5.41, 5.74) is 0. The second-order valence-electron chi connectivity index (χ2n) is 5.54. The van der Waals surface area contributed by atoms with Crippen molar-refractivity contribution in [3.63, 3.8) is 0 Å². The Kier molecular flexibility index (Phi) is 4.83. The molecule has 3 nitrogen and oxygen atoms in total. The zero-order chi connectivity index (χ0) is 13.7. The van der Waals surface area contributed by atoms with Crippen molar-refractivity contribution in [1.82, 2.24) is 5.32 Å². The van der Waals surface area contributed by atoms with Gasteiger partial charge in [-0.3, -0.25) is 4.79 Å². The fourth-order valence-electron chi connectivity index (χ4n) is 2.70. The molecule has 104 valence electrons. The Bertz CT molecular complexity index is 404. The van der Waals surface area contributed by atoms with Crippen molar-refractivity contribution in [1.29, 1.82) is 0 Å². The van der Waals surface area contributed by atoms with Crippen LogP contribution in [-0.2, 0) is 4.79 Å². The molecule has 0 unspecified atom stereocenters. The maximum Gasteiger partial charge on any atom is 0.258 e. The summed E-state index contributed by atoms with van der Waals surface area (Å²) in [5.74, 6) is 1.96. The first-order chi connectivity index (χ1) is 9.16. The van der Waals surface area contributed by atoms with Crippen molar-refractivity contribution in [2.75, 3.05) is 6.61 Å². The summed E-state index contributed by atoms with van der Waals surface area (Å²) in [6, 6.07) is 9.75. The van der Waals surface area contributed by atoms with E-state index in [9.17, 15) is 4.79 Å². The van der Waals surface area contributed by atoms with Gasteiger partial charge in [0, 0.05) is 6.04 Å². The van der Waals surface area contributed by atoms with Crippen LogP contribution in [0.2, 0.25) is 0 Å². The average Bonchev–Trinajstić information content (AvgIpc) is 2.43. The molecule has 1 N–H and O–H groups in total. The number of rotatable bonds is 4. The maximum absolute atomic E-state index is 11.9. The van der Waals surface area contributed by atoms with Gasteiger partial charge in [-0.15, -0.1) is 0 Å². The molecule has 3 atom stereocenters. The largest absolute Gasteiger partial charge is 0.484 e. The van der Waals surface area contributed by atoms with Crippen LogP contribution in [-0.4, -0.2) is 18.6 Å². The van der Waals surface area contributed by atoms with Gasteiger partial charge in [-0.2, -0.15) is 0 Å². The van der Waals surface area contributed by atoms with Crippen LogP contribution in [0.5, 0.6) is 5.75 Å². The van der Waals surface area contributed by atoms with Crippen LogP contribution in [0.15, 0.2) is 30.3 Å². The third-order valence-corrected chi connectivity index (χ3v) is 4.17. The molecule has 1 aromatic rings. The highest BCUT2D eigenvalue weighted by Crippen LogP contribution is 2.29. The van der Waals surface area contributed by atoms with E-state index in [4.69, 9.17) is 4.74 Å². The summed E-state index contributed by atoms with van der Waals surface area (Å²) < 4.78 is 5.46. The van der Waals surface area contributed by atoms with E-state index in [-0.39, 0.29) is 12.5 Å². The molecular formula is C16H23NO2. The quantitative estimate of drug-likeness (QED) is 0.904. The zero-order valence-electron chi connectivity index (χ0n) is 11.8. The Morgan fingerprint density at radius 3 is 2.74 bits per heavy atom. The minimum atomic E-state index is -0.0187. The lowest BCUT2D eigenvalue weighted by Gasteiger charge is -2.34. The van der Waals surface area contributed by atoms with E-state index >= 15 is 0 Å². The molecule has 3 heteroatoms. The minimum Gasteiger partial charge on any atom is -0.484 e. The molecule has 1 amide bonds. The lowest BCUT2D eigenvalue weighted by Crippen LogP contribution is -2.45. The smallest absolute Gasteiger partial charge is 0.258 e. The molecule has 0 heterocycles. The van der Waals surface area contributed by atoms with Crippen LogP contribution in [0.1, 0.15) is 33.1 Å². The fraction of sp³-hybridized carbons (Fsp3) is 0.562. The number of amides is 1. The second-order valence-corrected chi connectivity index (χ2v) is 5.54. The maximum atomic E-state index is 11.9. The van der Waals surface area contributed by atoms with Gasteiger partial charge in [0.1, 0.15) is 5.75 Å². The van der Waals surface area contributed by atoms with Gasteiger partial charge < -0.3 is 10.1 Å². The Balaban J connectivity index is 1.78. The number of hydrogen-bond donors (Lipinski definition) is 1. The number of carbonyl (C=O) groups is 1. The first kappa shape index (κ1) is 13.9. The Labute approximate surface area is 115 Å². The number of carbonyl (C=O) groups excluding carboxylic acids is 1. The lowest BCUT2D eigenvalue weighted by atomic mass is 9.78.